The maximum atomic E-state index is 11.1. The van der Waals surface area contributed by atoms with Crippen molar-refractivity contribution in [3.05, 3.63) is 33.8 Å². The van der Waals surface area contributed by atoms with Crippen LogP contribution in [0.25, 0.3) is 0 Å². The molecule has 0 saturated carbocycles. The zero-order chi connectivity index (χ0) is 17.9. The fraction of sp³-hybridized carbons (Fsp3) is 0.214. The molecular formula is C14H13Cl2N5O3. The Balaban J connectivity index is 2.48. The summed E-state index contributed by atoms with van der Waals surface area (Å²) in [6.07, 6.45) is -0.873. The number of hydrogen-bond donors (Lipinski definition) is 3. The van der Waals surface area contributed by atoms with Gasteiger partial charge in [-0.25, -0.2) is 10.9 Å². The first-order chi connectivity index (χ1) is 11.3. The molecule has 1 atom stereocenters. The normalized spacial score (nSPS) is 20.2. The molecule has 1 aliphatic rings. The average molecular weight is 370 g/mol. The summed E-state index contributed by atoms with van der Waals surface area (Å²) in [5, 5.41) is 16.4. The van der Waals surface area contributed by atoms with Crippen molar-refractivity contribution in [1.29, 1.82) is 5.41 Å². The second-order valence-corrected chi connectivity index (χ2v) is 5.63. The molecule has 1 fully saturated rings. The van der Waals surface area contributed by atoms with Crippen LogP contribution in [0.1, 0.15) is 25.5 Å². The van der Waals surface area contributed by atoms with Gasteiger partial charge in [0.25, 0.3) is 0 Å². The number of rotatable bonds is 3. The molecular weight excluding hydrogens is 357 g/mol. The summed E-state index contributed by atoms with van der Waals surface area (Å²) in [6, 6.07) is 4.74. The van der Waals surface area contributed by atoms with Crippen LogP contribution in [0.2, 0.25) is 10.0 Å². The average Bonchev–Trinajstić information content (AvgIpc) is 2.78. The van der Waals surface area contributed by atoms with Crippen LogP contribution in [-0.2, 0) is 14.3 Å². The molecule has 0 unspecified atom stereocenters. The number of hydrogen-bond acceptors (Lipinski definition) is 6. The molecule has 24 heavy (non-hydrogen) atoms. The van der Waals surface area contributed by atoms with Gasteiger partial charge in [-0.05, 0) is 12.1 Å². The Morgan fingerprint density at radius 2 is 1.79 bits per heavy atom. The quantitative estimate of drug-likeness (QED) is 0.707. The van der Waals surface area contributed by atoms with Crippen molar-refractivity contribution in [2.24, 2.45) is 10.2 Å². The van der Waals surface area contributed by atoms with Gasteiger partial charge in [-0.2, -0.15) is 10.2 Å². The highest BCUT2D eigenvalue weighted by atomic mass is 35.5. The number of carbonyl (C=O) groups excluding carboxylic acids is 2. The molecule has 1 heterocycles. The number of amides is 2. The van der Waals surface area contributed by atoms with E-state index in [1.807, 2.05) is 0 Å². The maximum absolute atomic E-state index is 11.1. The van der Waals surface area contributed by atoms with Crippen LogP contribution in [0, 0.1) is 5.41 Å². The lowest BCUT2D eigenvalue weighted by Crippen LogP contribution is -2.26. The molecule has 1 aromatic carbocycles. The number of nitrogens with zero attached hydrogens (tertiary/aromatic N) is 2. The van der Waals surface area contributed by atoms with E-state index in [9.17, 15) is 9.59 Å². The van der Waals surface area contributed by atoms with E-state index in [2.05, 4.69) is 21.1 Å². The molecule has 2 amide bonds. The van der Waals surface area contributed by atoms with E-state index < -0.39 is 17.9 Å². The molecule has 126 valence electrons. The van der Waals surface area contributed by atoms with Crippen molar-refractivity contribution < 1.29 is 14.3 Å². The van der Waals surface area contributed by atoms with Gasteiger partial charge < -0.3 is 4.74 Å². The monoisotopic (exact) mass is 369 g/mol. The second kappa shape index (κ2) is 7.41. The highest BCUT2D eigenvalue weighted by Crippen LogP contribution is 2.33. The molecule has 0 spiro atoms. The third-order valence-electron chi connectivity index (χ3n) is 2.85. The number of nitrogens with one attached hydrogen (secondary N) is 3. The minimum atomic E-state index is -0.873. The van der Waals surface area contributed by atoms with E-state index in [1.165, 1.54) is 19.9 Å². The summed E-state index contributed by atoms with van der Waals surface area (Å²) >= 11 is 12.1. The molecule has 0 bridgehead atoms. The van der Waals surface area contributed by atoms with Gasteiger partial charge in [0.15, 0.2) is 11.8 Å². The first-order valence-corrected chi connectivity index (χ1v) is 7.44. The predicted molar refractivity (Wildman–Crippen MR) is 90.5 cm³/mol. The van der Waals surface area contributed by atoms with Gasteiger partial charge in [-0.1, -0.05) is 29.3 Å². The Kier molecular flexibility index (Phi) is 5.53. The van der Waals surface area contributed by atoms with Crippen molar-refractivity contribution in [2.45, 2.75) is 20.0 Å². The van der Waals surface area contributed by atoms with Crippen LogP contribution in [-0.4, -0.2) is 29.1 Å². The molecule has 1 saturated heterocycles. The molecule has 8 nitrogen and oxygen atoms in total. The van der Waals surface area contributed by atoms with Crippen LogP contribution in [0.5, 0.6) is 0 Å². The summed E-state index contributed by atoms with van der Waals surface area (Å²) in [6.45, 7) is 2.54. The number of ether oxygens (including phenoxy) is 1. The predicted octanol–water partition coefficient (Wildman–Crippen LogP) is 2.03. The molecule has 0 aromatic heterocycles. The summed E-state index contributed by atoms with van der Waals surface area (Å²) < 4.78 is 5.45. The first kappa shape index (κ1) is 17.9. The van der Waals surface area contributed by atoms with E-state index in [0.717, 1.165) is 0 Å². The fourth-order valence-corrected chi connectivity index (χ4v) is 2.40. The maximum Gasteiger partial charge on any atom is 0.237 e. The fourth-order valence-electron chi connectivity index (χ4n) is 1.89. The van der Waals surface area contributed by atoms with Gasteiger partial charge in [0.1, 0.15) is 5.71 Å². The molecule has 0 aliphatic carbocycles. The Hall–Kier alpha value is -2.45. The van der Waals surface area contributed by atoms with Gasteiger partial charge in [0, 0.05) is 29.5 Å². The highest BCUT2D eigenvalue weighted by molar-refractivity contribution is 6.69. The lowest BCUT2D eigenvalue weighted by Gasteiger charge is -2.12. The smallest absolute Gasteiger partial charge is 0.237 e. The second-order valence-electron chi connectivity index (χ2n) is 4.79. The van der Waals surface area contributed by atoms with E-state index in [-0.39, 0.29) is 17.3 Å². The van der Waals surface area contributed by atoms with Crippen molar-refractivity contribution in [1.82, 2.24) is 10.9 Å². The van der Waals surface area contributed by atoms with Gasteiger partial charge in [0.05, 0.1) is 0 Å². The van der Waals surface area contributed by atoms with Crippen molar-refractivity contribution in [3.63, 3.8) is 0 Å². The summed E-state index contributed by atoms with van der Waals surface area (Å²) in [5.74, 6) is -1.16. The van der Waals surface area contributed by atoms with Crippen LogP contribution >= 0.6 is 23.2 Å². The first-order valence-electron chi connectivity index (χ1n) is 6.69. The third kappa shape index (κ3) is 4.09. The Labute approximate surface area is 147 Å². The lowest BCUT2D eigenvalue weighted by atomic mass is 10.0. The van der Waals surface area contributed by atoms with Crippen molar-refractivity contribution in [2.75, 3.05) is 0 Å². The zero-order valence-corrected chi connectivity index (χ0v) is 14.2. The standard InChI is InChI=1S/C14H13Cl2N5O3/c1-6(22)18-20-11-12(21-19-7(2)23)14(17)24-13(11)9-4-3-8(15)5-10(9)16/h3-5,13,17H,1-2H3,(H,18,22)(H,19,23)/b17-14?,20-11?,21-12+/t13-/m0/s1. The van der Waals surface area contributed by atoms with E-state index in [1.54, 1.807) is 12.1 Å². The minimum absolute atomic E-state index is 0.0185. The molecule has 3 N–H and O–H groups in total. The molecule has 2 rings (SSSR count). The largest absolute Gasteiger partial charge is 0.461 e. The van der Waals surface area contributed by atoms with Gasteiger partial charge in [-0.3, -0.25) is 15.0 Å². The topological polar surface area (TPSA) is 116 Å². The lowest BCUT2D eigenvalue weighted by molar-refractivity contribution is -0.119. The summed E-state index contributed by atoms with van der Waals surface area (Å²) in [7, 11) is 0. The van der Waals surface area contributed by atoms with Crippen LogP contribution in [0.3, 0.4) is 0 Å². The number of halogens is 2. The van der Waals surface area contributed by atoms with E-state index in [4.69, 9.17) is 33.3 Å². The van der Waals surface area contributed by atoms with Crippen LogP contribution in [0.15, 0.2) is 28.4 Å². The zero-order valence-electron chi connectivity index (χ0n) is 12.7. The highest BCUT2D eigenvalue weighted by Gasteiger charge is 2.38. The number of carbonyl (C=O) groups is 2. The minimum Gasteiger partial charge on any atom is -0.461 e. The van der Waals surface area contributed by atoms with Crippen molar-refractivity contribution in [3.8, 4) is 0 Å². The molecule has 1 aliphatic heterocycles. The number of hydrazone groups is 2. The van der Waals surface area contributed by atoms with Crippen LogP contribution < -0.4 is 10.9 Å². The molecule has 1 aromatic rings. The third-order valence-corrected chi connectivity index (χ3v) is 3.41. The van der Waals surface area contributed by atoms with E-state index >= 15 is 0 Å². The Morgan fingerprint density at radius 1 is 1.17 bits per heavy atom. The Morgan fingerprint density at radius 3 is 2.38 bits per heavy atom. The van der Waals surface area contributed by atoms with E-state index in [0.29, 0.717) is 15.6 Å². The molecule has 0 radical (unpaired) electrons. The van der Waals surface area contributed by atoms with Gasteiger partial charge in [0.2, 0.25) is 17.7 Å². The number of benzene rings is 1. The van der Waals surface area contributed by atoms with Gasteiger partial charge in [-0.15, -0.1) is 0 Å². The Bertz CT molecular complexity index is 776. The summed E-state index contributed by atoms with van der Waals surface area (Å²) in [4.78, 5) is 22.2. The SMILES string of the molecule is CC(=O)NN=C1/C(=N\NC(C)=O)C(=N)O[C@H]1c1ccc(Cl)cc1Cl. The van der Waals surface area contributed by atoms with Gasteiger partial charge >= 0.3 is 0 Å². The van der Waals surface area contributed by atoms with Crippen molar-refractivity contribution >= 4 is 52.3 Å². The summed E-state index contributed by atoms with van der Waals surface area (Å²) in [5.41, 5.74) is 5.08. The molecule has 10 heteroatoms. The van der Waals surface area contributed by atoms with Crippen LogP contribution in [0.4, 0.5) is 0 Å².